The van der Waals surface area contributed by atoms with Crippen molar-refractivity contribution in [1.29, 1.82) is 0 Å². The normalized spacial score (nSPS) is 24.1. The molecule has 2 aliphatic rings. The lowest BCUT2D eigenvalue weighted by atomic mass is 9.98. The van der Waals surface area contributed by atoms with Crippen molar-refractivity contribution in [2.24, 2.45) is 5.92 Å². The van der Waals surface area contributed by atoms with Crippen molar-refractivity contribution in [2.45, 2.75) is 44.6 Å². The summed E-state index contributed by atoms with van der Waals surface area (Å²) >= 11 is 0. The maximum absolute atomic E-state index is 12.9. The van der Waals surface area contributed by atoms with Gasteiger partial charge >= 0.3 is 0 Å². The smallest absolute Gasteiger partial charge is 0.222 e. The predicted octanol–water partition coefficient (Wildman–Crippen LogP) is 3.40. The summed E-state index contributed by atoms with van der Waals surface area (Å²) in [6.45, 7) is 3.01. The average Bonchev–Trinajstić information content (AvgIpc) is 3.13. The number of carbonyl (C=O) groups is 1. The van der Waals surface area contributed by atoms with E-state index < -0.39 is 0 Å². The molecular formula is C19H26FNO3. The van der Waals surface area contributed by atoms with Crippen LogP contribution < -0.4 is 4.74 Å². The molecular weight excluding hydrogens is 309 g/mol. The van der Waals surface area contributed by atoms with Crippen LogP contribution in [0.25, 0.3) is 0 Å². The molecule has 0 saturated carbocycles. The molecule has 1 aromatic carbocycles. The summed E-state index contributed by atoms with van der Waals surface area (Å²) in [5.41, 5.74) is 0. The fourth-order valence-electron chi connectivity index (χ4n) is 3.49. The van der Waals surface area contributed by atoms with Gasteiger partial charge in [0.15, 0.2) is 0 Å². The zero-order valence-corrected chi connectivity index (χ0v) is 14.1. The SMILES string of the molecule is O=C(CC[C@H]1CCCO1)N1CCC[C@@H](COc2ccc(F)cc2)C1. The second kappa shape index (κ2) is 8.47. The van der Waals surface area contributed by atoms with Crippen molar-refractivity contribution in [2.75, 3.05) is 26.3 Å². The molecule has 2 fully saturated rings. The number of carbonyl (C=O) groups excluding carboxylic acids is 1. The summed E-state index contributed by atoms with van der Waals surface area (Å²) in [5.74, 6) is 0.994. The average molecular weight is 335 g/mol. The van der Waals surface area contributed by atoms with Crippen LogP contribution in [0.15, 0.2) is 24.3 Å². The van der Waals surface area contributed by atoms with E-state index in [1.54, 1.807) is 12.1 Å². The molecule has 24 heavy (non-hydrogen) atoms. The minimum Gasteiger partial charge on any atom is -0.493 e. The molecule has 2 atom stereocenters. The van der Waals surface area contributed by atoms with E-state index in [1.807, 2.05) is 4.90 Å². The van der Waals surface area contributed by atoms with Gasteiger partial charge < -0.3 is 14.4 Å². The van der Waals surface area contributed by atoms with Crippen molar-refractivity contribution >= 4 is 5.91 Å². The third-order valence-electron chi connectivity index (χ3n) is 4.88. The topological polar surface area (TPSA) is 38.8 Å². The van der Waals surface area contributed by atoms with Crippen molar-refractivity contribution in [3.05, 3.63) is 30.1 Å². The highest BCUT2D eigenvalue weighted by molar-refractivity contribution is 5.76. The number of halogens is 1. The van der Waals surface area contributed by atoms with E-state index in [0.717, 1.165) is 51.8 Å². The number of rotatable bonds is 6. The van der Waals surface area contributed by atoms with Gasteiger partial charge in [0.25, 0.3) is 0 Å². The maximum Gasteiger partial charge on any atom is 0.222 e. The Kier molecular flexibility index (Phi) is 6.07. The Bertz CT molecular complexity index is 528. The van der Waals surface area contributed by atoms with Crippen LogP contribution in [0.4, 0.5) is 4.39 Å². The van der Waals surface area contributed by atoms with Crippen LogP contribution in [0.2, 0.25) is 0 Å². The van der Waals surface area contributed by atoms with Crippen LogP contribution in [0.3, 0.4) is 0 Å². The fraction of sp³-hybridized carbons (Fsp3) is 0.632. The molecule has 0 aromatic heterocycles. The van der Waals surface area contributed by atoms with Crippen molar-refractivity contribution in [3.63, 3.8) is 0 Å². The fourth-order valence-corrected chi connectivity index (χ4v) is 3.49. The van der Waals surface area contributed by atoms with Gasteiger partial charge in [0, 0.05) is 32.0 Å². The molecule has 2 saturated heterocycles. The molecule has 5 heteroatoms. The van der Waals surface area contributed by atoms with E-state index in [1.165, 1.54) is 12.1 Å². The molecule has 132 valence electrons. The molecule has 0 aliphatic carbocycles. The monoisotopic (exact) mass is 335 g/mol. The van der Waals surface area contributed by atoms with E-state index in [-0.39, 0.29) is 17.8 Å². The summed E-state index contributed by atoms with van der Waals surface area (Å²) in [6.07, 6.45) is 5.98. The highest BCUT2D eigenvalue weighted by atomic mass is 19.1. The van der Waals surface area contributed by atoms with Crippen LogP contribution >= 0.6 is 0 Å². The van der Waals surface area contributed by atoms with E-state index in [0.29, 0.717) is 24.7 Å². The molecule has 0 unspecified atom stereocenters. The quantitative estimate of drug-likeness (QED) is 0.800. The Balaban J connectivity index is 1.41. The zero-order chi connectivity index (χ0) is 16.8. The van der Waals surface area contributed by atoms with Crippen LogP contribution in [-0.2, 0) is 9.53 Å². The van der Waals surface area contributed by atoms with Gasteiger partial charge in [-0.3, -0.25) is 4.79 Å². The number of likely N-dealkylation sites (tertiary alicyclic amines) is 1. The minimum atomic E-state index is -0.261. The third-order valence-corrected chi connectivity index (χ3v) is 4.88. The van der Waals surface area contributed by atoms with E-state index in [9.17, 15) is 9.18 Å². The summed E-state index contributed by atoms with van der Waals surface area (Å²) in [6, 6.07) is 6.08. The summed E-state index contributed by atoms with van der Waals surface area (Å²) in [4.78, 5) is 14.4. The Hall–Kier alpha value is -1.62. The Morgan fingerprint density at radius 1 is 1.25 bits per heavy atom. The second-order valence-corrected chi connectivity index (χ2v) is 6.79. The highest BCUT2D eigenvalue weighted by Gasteiger charge is 2.25. The van der Waals surface area contributed by atoms with E-state index >= 15 is 0 Å². The summed E-state index contributed by atoms with van der Waals surface area (Å²) in [7, 11) is 0. The van der Waals surface area contributed by atoms with Gasteiger partial charge in [0.05, 0.1) is 12.7 Å². The minimum absolute atomic E-state index is 0.233. The number of hydrogen-bond donors (Lipinski definition) is 0. The molecule has 2 aliphatic heterocycles. The van der Waals surface area contributed by atoms with Gasteiger partial charge in [0.1, 0.15) is 11.6 Å². The van der Waals surface area contributed by atoms with Gasteiger partial charge in [-0.1, -0.05) is 0 Å². The number of hydrogen-bond acceptors (Lipinski definition) is 3. The first kappa shape index (κ1) is 17.2. The first-order valence-corrected chi connectivity index (χ1v) is 8.98. The lowest BCUT2D eigenvalue weighted by molar-refractivity contribution is -0.133. The maximum atomic E-state index is 12.9. The van der Waals surface area contributed by atoms with Gasteiger partial charge in [-0.05, 0) is 56.4 Å². The number of ether oxygens (including phenoxy) is 2. The van der Waals surface area contributed by atoms with Gasteiger partial charge in [-0.2, -0.15) is 0 Å². The largest absolute Gasteiger partial charge is 0.493 e. The Morgan fingerprint density at radius 2 is 2.08 bits per heavy atom. The van der Waals surface area contributed by atoms with Crippen molar-refractivity contribution < 1.29 is 18.7 Å². The van der Waals surface area contributed by atoms with E-state index in [2.05, 4.69) is 0 Å². The molecule has 1 aromatic rings. The number of benzene rings is 1. The lowest BCUT2D eigenvalue weighted by Crippen LogP contribution is -2.41. The van der Waals surface area contributed by atoms with Crippen molar-refractivity contribution in [3.8, 4) is 5.75 Å². The van der Waals surface area contributed by atoms with E-state index in [4.69, 9.17) is 9.47 Å². The molecule has 1 amide bonds. The number of amides is 1. The second-order valence-electron chi connectivity index (χ2n) is 6.79. The molecule has 0 bridgehead atoms. The Labute approximate surface area is 142 Å². The van der Waals surface area contributed by atoms with Crippen LogP contribution in [0.5, 0.6) is 5.75 Å². The summed E-state index contributed by atoms with van der Waals surface area (Å²) in [5, 5.41) is 0. The van der Waals surface area contributed by atoms with Crippen LogP contribution in [0, 0.1) is 11.7 Å². The van der Waals surface area contributed by atoms with Crippen molar-refractivity contribution in [1.82, 2.24) is 4.90 Å². The van der Waals surface area contributed by atoms with Crippen LogP contribution in [0.1, 0.15) is 38.5 Å². The van der Waals surface area contributed by atoms with Crippen LogP contribution in [-0.4, -0.2) is 43.2 Å². The molecule has 0 spiro atoms. The first-order chi connectivity index (χ1) is 11.7. The summed E-state index contributed by atoms with van der Waals surface area (Å²) < 4.78 is 24.2. The predicted molar refractivity (Wildman–Crippen MR) is 89.4 cm³/mol. The zero-order valence-electron chi connectivity index (χ0n) is 14.1. The number of nitrogens with zero attached hydrogens (tertiary/aromatic N) is 1. The highest BCUT2D eigenvalue weighted by Crippen LogP contribution is 2.22. The molecule has 3 rings (SSSR count). The van der Waals surface area contributed by atoms with Gasteiger partial charge in [-0.15, -0.1) is 0 Å². The molecule has 4 nitrogen and oxygen atoms in total. The number of piperidine rings is 1. The van der Waals surface area contributed by atoms with Gasteiger partial charge in [-0.25, -0.2) is 4.39 Å². The molecule has 0 N–H and O–H groups in total. The standard InChI is InChI=1S/C19H26FNO3/c20-16-5-7-18(8-6-16)24-14-15-3-1-11-21(13-15)19(22)10-9-17-4-2-12-23-17/h5-8,15,17H,1-4,9-14H2/t15-,17-/m1/s1. The molecule has 0 radical (unpaired) electrons. The van der Waals surface area contributed by atoms with Gasteiger partial charge in [0.2, 0.25) is 5.91 Å². The Morgan fingerprint density at radius 3 is 2.83 bits per heavy atom. The molecule has 2 heterocycles. The third kappa shape index (κ3) is 4.94. The lowest BCUT2D eigenvalue weighted by Gasteiger charge is -2.33. The first-order valence-electron chi connectivity index (χ1n) is 8.98.